The number of rotatable bonds is 12. The van der Waals surface area contributed by atoms with Crippen LogP contribution >= 0.6 is 0 Å². The van der Waals surface area contributed by atoms with Crippen molar-refractivity contribution in [3.05, 3.63) is 35.5 Å². The number of amides is 1. The van der Waals surface area contributed by atoms with Crippen molar-refractivity contribution in [1.29, 1.82) is 0 Å². The highest BCUT2D eigenvalue weighted by atomic mass is 16.5. The molecule has 38 heavy (non-hydrogen) atoms. The van der Waals surface area contributed by atoms with E-state index in [2.05, 4.69) is 32.2 Å². The molecule has 1 amide bonds. The van der Waals surface area contributed by atoms with Gasteiger partial charge in [0, 0.05) is 56.5 Å². The number of methoxy groups -OCH3 is 1. The Morgan fingerprint density at radius 1 is 1.16 bits per heavy atom. The van der Waals surface area contributed by atoms with Crippen molar-refractivity contribution >= 4 is 28.7 Å². The van der Waals surface area contributed by atoms with E-state index in [0.29, 0.717) is 60.8 Å². The summed E-state index contributed by atoms with van der Waals surface area (Å²) in [7, 11) is 1.59. The molecular weight excluding hydrogens is 488 g/mol. The van der Waals surface area contributed by atoms with Crippen LogP contribution in [-0.2, 0) is 6.54 Å². The highest BCUT2D eigenvalue weighted by molar-refractivity contribution is 5.95. The summed E-state index contributed by atoms with van der Waals surface area (Å²) in [5.41, 5.74) is 8.71. The molecule has 0 spiro atoms. The van der Waals surface area contributed by atoms with E-state index >= 15 is 0 Å². The number of fused-ring (bicyclic) bond motifs is 1. The number of aliphatic hydroxyl groups excluding tert-OH is 2. The first-order valence-corrected chi connectivity index (χ1v) is 13.1. The average molecular weight is 527 g/mol. The van der Waals surface area contributed by atoms with Gasteiger partial charge >= 0.3 is 0 Å². The zero-order valence-electron chi connectivity index (χ0n) is 22.1. The summed E-state index contributed by atoms with van der Waals surface area (Å²) < 4.78 is 7.46. The van der Waals surface area contributed by atoms with Gasteiger partial charge in [0.15, 0.2) is 5.82 Å². The Morgan fingerprint density at radius 2 is 1.95 bits per heavy atom. The second-order valence-electron chi connectivity index (χ2n) is 9.49. The number of benzene rings is 1. The van der Waals surface area contributed by atoms with E-state index in [1.165, 1.54) is 0 Å². The fourth-order valence-electron chi connectivity index (χ4n) is 4.89. The van der Waals surface area contributed by atoms with E-state index in [1.807, 2.05) is 17.0 Å². The molecule has 0 unspecified atom stereocenters. The lowest BCUT2D eigenvalue weighted by molar-refractivity contribution is 0.0614. The predicted molar refractivity (Wildman–Crippen MR) is 145 cm³/mol. The van der Waals surface area contributed by atoms with Crippen LogP contribution in [0.2, 0.25) is 0 Å². The summed E-state index contributed by atoms with van der Waals surface area (Å²) in [4.78, 5) is 25.9. The van der Waals surface area contributed by atoms with Gasteiger partial charge < -0.3 is 30.9 Å². The van der Waals surface area contributed by atoms with Crippen LogP contribution in [0.5, 0.6) is 5.75 Å². The largest absolute Gasteiger partial charge is 0.496 e. The van der Waals surface area contributed by atoms with E-state index in [0.717, 1.165) is 31.5 Å². The number of carbonyl (C=O) groups excluding carboxylic acids is 1. The van der Waals surface area contributed by atoms with Crippen molar-refractivity contribution < 1.29 is 19.7 Å². The predicted octanol–water partition coefficient (Wildman–Crippen LogP) is 1.18. The van der Waals surface area contributed by atoms with Gasteiger partial charge in [0.25, 0.3) is 5.91 Å². The van der Waals surface area contributed by atoms with E-state index in [-0.39, 0.29) is 31.1 Å². The number of piperazine rings is 1. The average Bonchev–Trinajstić information content (AvgIpc) is 3.31. The van der Waals surface area contributed by atoms with Crippen molar-refractivity contribution in [3.63, 3.8) is 0 Å². The standard InChI is InChI=1S/C26H38N8O4/c1-3-4-20(7-13-35)29-24-23-21(30-26(27)31-24)16-28-34(23)17-19-6-5-18(15-22(19)38-2)25(37)33-10-8-32(9-11-33)12-14-36/h5-6,15-16,20,35-36H,3-4,7-14,17H2,1-2H3,(H3,27,29,30,31)/t20-/m0/s1. The van der Waals surface area contributed by atoms with Gasteiger partial charge in [-0.2, -0.15) is 10.1 Å². The Balaban J connectivity index is 1.56. The minimum Gasteiger partial charge on any atom is -0.496 e. The molecule has 12 heteroatoms. The topological polar surface area (TPSA) is 155 Å². The molecule has 0 aliphatic carbocycles. The number of hydrogen-bond acceptors (Lipinski definition) is 10. The number of nitrogen functional groups attached to an aromatic ring is 1. The molecule has 206 valence electrons. The molecule has 1 saturated heterocycles. The Labute approximate surface area is 222 Å². The molecule has 5 N–H and O–H groups in total. The van der Waals surface area contributed by atoms with Crippen molar-refractivity contribution in [2.75, 3.05) is 64.1 Å². The molecule has 0 bridgehead atoms. The molecule has 0 radical (unpaired) electrons. The fraction of sp³-hybridized carbons (Fsp3) is 0.538. The Kier molecular flexibility index (Phi) is 9.32. The van der Waals surface area contributed by atoms with Crippen LogP contribution in [0.25, 0.3) is 11.0 Å². The van der Waals surface area contributed by atoms with Crippen molar-refractivity contribution in [2.45, 2.75) is 38.8 Å². The van der Waals surface area contributed by atoms with E-state index in [1.54, 1.807) is 24.1 Å². The Hall–Kier alpha value is -3.48. The number of β-amino-alcohol motifs (C(OH)–C–C–N with tert-alkyl or cyclic N) is 1. The van der Waals surface area contributed by atoms with Gasteiger partial charge in [-0.05, 0) is 25.0 Å². The lowest BCUT2D eigenvalue weighted by Crippen LogP contribution is -2.49. The summed E-state index contributed by atoms with van der Waals surface area (Å²) in [6, 6.07) is 5.52. The number of aliphatic hydroxyl groups is 2. The molecular formula is C26H38N8O4. The Morgan fingerprint density at radius 3 is 2.63 bits per heavy atom. The van der Waals surface area contributed by atoms with Gasteiger partial charge in [-0.3, -0.25) is 14.4 Å². The summed E-state index contributed by atoms with van der Waals surface area (Å²) in [6.07, 6.45) is 4.08. The van der Waals surface area contributed by atoms with Crippen molar-refractivity contribution in [1.82, 2.24) is 29.5 Å². The maximum absolute atomic E-state index is 13.2. The van der Waals surface area contributed by atoms with E-state index < -0.39 is 0 Å². The molecule has 12 nitrogen and oxygen atoms in total. The summed E-state index contributed by atoms with van der Waals surface area (Å²) in [5, 5.41) is 26.6. The lowest BCUT2D eigenvalue weighted by Gasteiger charge is -2.34. The third-order valence-corrected chi connectivity index (χ3v) is 6.89. The van der Waals surface area contributed by atoms with Gasteiger partial charge in [-0.1, -0.05) is 19.4 Å². The third kappa shape index (κ3) is 6.32. The van der Waals surface area contributed by atoms with Crippen molar-refractivity contribution in [2.24, 2.45) is 0 Å². The van der Waals surface area contributed by atoms with E-state index in [4.69, 9.17) is 15.6 Å². The third-order valence-electron chi connectivity index (χ3n) is 6.89. The lowest BCUT2D eigenvalue weighted by atomic mass is 10.1. The number of carbonyl (C=O) groups is 1. The normalized spacial score (nSPS) is 15.1. The number of anilines is 2. The maximum Gasteiger partial charge on any atom is 0.254 e. The highest BCUT2D eigenvalue weighted by Gasteiger charge is 2.23. The molecule has 1 aliphatic heterocycles. The number of nitrogens with two attached hydrogens (primary N) is 1. The monoisotopic (exact) mass is 526 g/mol. The van der Waals surface area contributed by atoms with Crippen molar-refractivity contribution in [3.8, 4) is 5.75 Å². The first-order chi connectivity index (χ1) is 18.5. The molecule has 1 atom stereocenters. The number of nitrogens with one attached hydrogen (secondary N) is 1. The summed E-state index contributed by atoms with van der Waals surface area (Å²) >= 11 is 0. The van der Waals surface area contributed by atoms with Gasteiger partial charge in [-0.15, -0.1) is 0 Å². The molecule has 2 aromatic heterocycles. The maximum atomic E-state index is 13.2. The zero-order valence-corrected chi connectivity index (χ0v) is 22.1. The minimum absolute atomic E-state index is 0.0377. The van der Waals surface area contributed by atoms with Crippen LogP contribution in [0.4, 0.5) is 11.8 Å². The summed E-state index contributed by atoms with van der Waals surface area (Å²) in [5.74, 6) is 1.28. The second kappa shape index (κ2) is 12.9. The van der Waals surface area contributed by atoms with Gasteiger partial charge in [0.2, 0.25) is 5.95 Å². The molecule has 0 saturated carbocycles. The van der Waals surface area contributed by atoms with Gasteiger partial charge in [0.05, 0.1) is 26.5 Å². The molecule has 4 rings (SSSR count). The van der Waals surface area contributed by atoms with Crippen LogP contribution < -0.4 is 15.8 Å². The quantitative estimate of drug-likeness (QED) is 0.270. The van der Waals surface area contributed by atoms with Crippen LogP contribution in [0.15, 0.2) is 24.4 Å². The molecule has 1 fully saturated rings. The first-order valence-electron chi connectivity index (χ1n) is 13.1. The number of aromatic nitrogens is 4. The van der Waals surface area contributed by atoms with Crippen LogP contribution in [-0.4, -0.2) is 105 Å². The van der Waals surface area contributed by atoms with Crippen LogP contribution in [0.3, 0.4) is 0 Å². The molecule has 3 aromatic rings. The van der Waals surface area contributed by atoms with E-state index in [9.17, 15) is 9.90 Å². The number of ether oxygens (including phenoxy) is 1. The van der Waals surface area contributed by atoms with Crippen LogP contribution in [0.1, 0.15) is 42.1 Å². The zero-order chi connectivity index (χ0) is 27.1. The minimum atomic E-state index is -0.0377. The molecule has 1 aliphatic rings. The van der Waals surface area contributed by atoms with Gasteiger partial charge in [-0.25, -0.2) is 4.98 Å². The Bertz CT molecular complexity index is 1220. The first kappa shape index (κ1) is 27.6. The second-order valence-corrected chi connectivity index (χ2v) is 9.49. The van der Waals surface area contributed by atoms with Crippen LogP contribution in [0, 0.1) is 0 Å². The molecule has 1 aromatic carbocycles. The van der Waals surface area contributed by atoms with Gasteiger partial charge in [0.1, 0.15) is 16.8 Å². The summed E-state index contributed by atoms with van der Waals surface area (Å²) in [6.45, 7) is 6.02. The highest BCUT2D eigenvalue weighted by Crippen LogP contribution is 2.27. The fourth-order valence-corrected chi connectivity index (χ4v) is 4.89. The number of nitrogens with zero attached hydrogens (tertiary/aromatic N) is 6. The SMILES string of the molecule is CCC[C@@H](CCO)Nc1nc(N)nc2cnn(Cc3ccc(C(=O)N4CCN(CCO)CC4)cc3OC)c12. The number of hydrogen-bond donors (Lipinski definition) is 4. The smallest absolute Gasteiger partial charge is 0.254 e. The molecule has 3 heterocycles.